The lowest BCUT2D eigenvalue weighted by Gasteiger charge is -2.25. The van der Waals surface area contributed by atoms with Gasteiger partial charge in [-0.05, 0) is 52.2 Å². The number of amides is 2. The molecule has 1 aliphatic carbocycles. The highest BCUT2D eigenvalue weighted by atomic mass is 16.6. The third-order valence-corrected chi connectivity index (χ3v) is 5.84. The van der Waals surface area contributed by atoms with Crippen molar-refractivity contribution in [3.8, 4) is 0 Å². The lowest BCUT2D eigenvalue weighted by molar-refractivity contribution is 0.0587. The largest absolute Gasteiger partial charge is 0.443 e. The number of ether oxygens (including phenoxy) is 2. The van der Waals surface area contributed by atoms with Crippen molar-refractivity contribution in [2.75, 3.05) is 24.4 Å². The van der Waals surface area contributed by atoms with E-state index in [1.807, 2.05) is 0 Å². The molecule has 3 aromatic rings. The Balaban J connectivity index is 1.73. The molecule has 0 aliphatic heterocycles. The predicted octanol–water partition coefficient (Wildman–Crippen LogP) is 2.83. The fraction of sp³-hybridized carbons (Fsp3) is 0.458. The molecule has 0 spiro atoms. The summed E-state index contributed by atoms with van der Waals surface area (Å²) in [4.78, 5) is 46.6. The predicted molar refractivity (Wildman–Crippen MR) is 134 cm³/mol. The molecule has 1 saturated carbocycles. The van der Waals surface area contributed by atoms with E-state index in [9.17, 15) is 14.4 Å². The molecule has 12 nitrogen and oxygen atoms in total. The van der Waals surface area contributed by atoms with Crippen molar-refractivity contribution >= 4 is 35.0 Å². The van der Waals surface area contributed by atoms with E-state index < -0.39 is 11.7 Å². The average Bonchev–Trinajstić information content (AvgIpc) is 3.45. The summed E-state index contributed by atoms with van der Waals surface area (Å²) in [5.74, 6) is 0.211. The SMILES string of the molecule is CO[C@@H]1CCC(NC(=O)c2cnn3c(N(C)C(=O)OC(C)(C)C)cc(Nc4ccc[nH]c4=O)nc23)C1. The van der Waals surface area contributed by atoms with E-state index >= 15 is 0 Å². The lowest BCUT2D eigenvalue weighted by atomic mass is 10.2. The van der Waals surface area contributed by atoms with E-state index in [1.54, 1.807) is 46.1 Å². The van der Waals surface area contributed by atoms with E-state index in [1.165, 1.54) is 28.9 Å². The quantitative estimate of drug-likeness (QED) is 0.472. The van der Waals surface area contributed by atoms with Crippen LogP contribution in [0.2, 0.25) is 0 Å². The van der Waals surface area contributed by atoms with Crippen molar-refractivity contribution in [3.63, 3.8) is 0 Å². The average molecular weight is 498 g/mol. The second-order valence-corrected chi connectivity index (χ2v) is 9.71. The molecule has 2 amide bonds. The number of fused-ring (bicyclic) bond motifs is 1. The number of anilines is 3. The van der Waals surface area contributed by atoms with Crippen molar-refractivity contribution in [1.82, 2.24) is 24.9 Å². The zero-order chi connectivity index (χ0) is 26.0. The Morgan fingerprint density at radius 3 is 2.72 bits per heavy atom. The molecule has 1 unspecified atom stereocenters. The number of hydrogen-bond donors (Lipinski definition) is 3. The van der Waals surface area contributed by atoms with Gasteiger partial charge in [-0.15, -0.1) is 0 Å². The van der Waals surface area contributed by atoms with Gasteiger partial charge in [-0.3, -0.25) is 14.5 Å². The van der Waals surface area contributed by atoms with Gasteiger partial charge in [0, 0.05) is 32.5 Å². The molecule has 0 saturated heterocycles. The lowest BCUT2D eigenvalue weighted by Crippen LogP contribution is -2.35. The van der Waals surface area contributed by atoms with Crippen LogP contribution in [-0.4, -0.2) is 63.5 Å². The summed E-state index contributed by atoms with van der Waals surface area (Å²) in [7, 11) is 3.20. The molecule has 2 atom stereocenters. The first-order valence-electron chi connectivity index (χ1n) is 11.7. The highest BCUT2D eigenvalue weighted by Crippen LogP contribution is 2.26. The van der Waals surface area contributed by atoms with Crippen molar-refractivity contribution in [3.05, 3.63) is 46.5 Å². The van der Waals surface area contributed by atoms with Gasteiger partial charge in [0.1, 0.15) is 28.5 Å². The van der Waals surface area contributed by atoms with Gasteiger partial charge in [0.2, 0.25) is 0 Å². The third kappa shape index (κ3) is 5.48. The number of rotatable bonds is 6. The molecular formula is C24H31N7O5. The van der Waals surface area contributed by atoms with Crippen molar-refractivity contribution in [2.45, 2.75) is 57.8 Å². The highest BCUT2D eigenvalue weighted by molar-refractivity contribution is 6.00. The number of nitrogens with zero attached hydrogens (tertiary/aromatic N) is 4. The first-order valence-corrected chi connectivity index (χ1v) is 11.7. The van der Waals surface area contributed by atoms with Gasteiger partial charge in [0.15, 0.2) is 5.65 Å². The minimum atomic E-state index is -0.716. The second-order valence-electron chi connectivity index (χ2n) is 9.71. The van der Waals surface area contributed by atoms with Gasteiger partial charge in [-0.25, -0.2) is 9.78 Å². The minimum Gasteiger partial charge on any atom is -0.443 e. The number of aromatic amines is 1. The summed E-state index contributed by atoms with van der Waals surface area (Å²) < 4.78 is 12.3. The third-order valence-electron chi connectivity index (χ3n) is 5.84. The van der Waals surface area contributed by atoms with E-state index in [0.717, 1.165) is 19.3 Å². The number of methoxy groups -OCH3 is 1. The fourth-order valence-corrected chi connectivity index (χ4v) is 4.04. The van der Waals surface area contributed by atoms with Crippen LogP contribution in [0.4, 0.5) is 22.1 Å². The smallest absolute Gasteiger partial charge is 0.415 e. The first-order chi connectivity index (χ1) is 17.1. The maximum absolute atomic E-state index is 13.2. The summed E-state index contributed by atoms with van der Waals surface area (Å²) in [6, 6.07) is 4.80. The summed E-state index contributed by atoms with van der Waals surface area (Å²) in [6.07, 6.45) is 4.84. The Labute approximate surface area is 208 Å². The first kappa shape index (κ1) is 25.2. The highest BCUT2D eigenvalue weighted by Gasteiger charge is 2.29. The topological polar surface area (TPSA) is 143 Å². The van der Waals surface area contributed by atoms with Crippen LogP contribution in [0, 0.1) is 0 Å². The Morgan fingerprint density at radius 1 is 1.28 bits per heavy atom. The normalized spacial score (nSPS) is 17.7. The molecule has 192 valence electrons. The van der Waals surface area contributed by atoms with Gasteiger partial charge < -0.3 is 25.1 Å². The Hall–Kier alpha value is -3.93. The van der Waals surface area contributed by atoms with Crippen molar-refractivity contribution in [2.24, 2.45) is 0 Å². The number of aromatic nitrogens is 4. The molecule has 12 heteroatoms. The summed E-state index contributed by atoms with van der Waals surface area (Å²) in [6.45, 7) is 5.30. The van der Waals surface area contributed by atoms with Crippen LogP contribution in [0.25, 0.3) is 5.65 Å². The zero-order valence-electron chi connectivity index (χ0n) is 21.0. The second kappa shape index (κ2) is 9.97. The molecular weight excluding hydrogens is 466 g/mol. The molecule has 4 rings (SSSR count). The van der Waals surface area contributed by atoms with Crippen LogP contribution in [0.1, 0.15) is 50.4 Å². The molecule has 36 heavy (non-hydrogen) atoms. The molecule has 1 aliphatic rings. The summed E-state index contributed by atoms with van der Waals surface area (Å²) in [5.41, 5.74) is -0.354. The van der Waals surface area contributed by atoms with Crippen LogP contribution < -0.4 is 21.1 Å². The van der Waals surface area contributed by atoms with Gasteiger partial charge in [-0.2, -0.15) is 9.61 Å². The Morgan fingerprint density at radius 2 is 2.06 bits per heavy atom. The van der Waals surface area contributed by atoms with Crippen LogP contribution in [0.3, 0.4) is 0 Å². The van der Waals surface area contributed by atoms with Crippen LogP contribution >= 0.6 is 0 Å². The molecule has 1 fully saturated rings. The fourth-order valence-electron chi connectivity index (χ4n) is 4.04. The Kier molecular flexibility index (Phi) is 6.97. The maximum atomic E-state index is 13.2. The van der Waals surface area contributed by atoms with Crippen LogP contribution in [0.15, 0.2) is 35.4 Å². The minimum absolute atomic E-state index is 0.0227. The molecule has 3 aromatic heterocycles. The molecule has 3 heterocycles. The monoisotopic (exact) mass is 497 g/mol. The Bertz CT molecular complexity index is 1330. The van der Waals surface area contributed by atoms with Gasteiger partial charge >= 0.3 is 6.09 Å². The number of pyridine rings is 1. The maximum Gasteiger partial charge on any atom is 0.415 e. The van der Waals surface area contributed by atoms with E-state index in [-0.39, 0.29) is 46.3 Å². The van der Waals surface area contributed by atoms with Crippen molar-refractivity contribution < 1.29 is 19.1 Å². The molecule has 0 bridgehead atoms. The molecule has 3 N–H and O–H groups in total. The van der Waals surface area contributed by atoms with E-state index in [2.05, 4.69) is 25.7 Å². The number of carbonyl (C=O) groups excluding carboxylic acids is 2. The van der Waals surface area contributed by atoms with E-state index in [0.29, 0.717) is 5.82 Å². The number of carbonyl (C=O) groups is 2. The molecule has 0 aromatic carbocycles. The standard InChI is InChI=1S/C24H31N7O5/c1-24(2,3)36-23(34)30(4)19-12-18(28-17-7-6-10-25-22(17)33)29-20-16(13-26-31(19)20)21(32)27-14-8-9-15(11-14)35-5/h6-7,10,12-15H,8-9,11H2,1-5H3,(H,25,33)(H,27,32)(H,28,29)/t14?,15-/m1/s1. The van der Waals surface area contributed by atoms with Crippen LogP contribution in [-0.2, 0) is 9.47 Å². The van der Waals surface area contributed by atoms with E-state index in [4.69, 9.17) is 9.47 Å². The van der Waals surface area contributed by atoms with Crippen molar-refractivity contribution in [1.29, 1.82) is 0 Å². The number of H-pyrrole nitrogens is 1. The summed E-state index contributed by atoms with van der Waals surface area (Å²) in [5, 5.41) is 10.3. The summed E-state index contributed by atoms with van der Waals surface area (Å²) >= 11 is 0. The molecule has 0 radical (unpaired) electrons. The van der Waals surface area contributed by atoms with Crippen LogP contribution in [0.5, 0.6) is 0 Å². The number of hydrogen-bond acceptors (Lipinski definition) is 8. The number of nitrogens with one attached hydrogen (secondary N) is 3. The van der Waals surface area contributed by atoms with Gasteiger partial charge in [0.25, 0.3) is 11.5 Å². The van der Waals surface area contributed by atoms with Gasteiger partial charge in [-0.1, -0.05) is 0 Å². The zero-order valence-corrected chi connectivity index (χ0v) is 21.0. The van der Waals surface area contributed by atoms with Gasteiger partial charge in [0.05, 0.1) is 12.3 Å².